The van der Waals surface area contributed by atoms with Gasteiger partial charge in [-0.1, -0.05) is 19.8 Å². The van der Waals surface area contributed by atoms with Gasteiger partial charge in [-0.25, -0.2) is 4.39 Å². The van der Waals surface area contributed by atoms with E-state index < -0.39 is 0 Å². The highest BCUT2D eigenvalue weighted by Gasteiger charge is 2.25. The molecule has 1 fully saturated rings. The van der Waals surface area contributed by atoms with Crippen molar-refractivity contribution in [2.24, 2.45) is 5.92 Å². The Balaban J connectivity index is 2.19. The van der Waals surface area contributed by atoms with Crippen molar-refractivity contribution in [3.8, 4) is 5.75 Å². The number of ether oxygens (including phenoxy) is 1. The number of H-pyrrole nitrogens is 1. The van der Waals surface area contributed by atoms with Gasteiger partial charge in [0.15, 0.2) is 16.3 Å². The Morgan fingerprint density at radius 1 is 1.35 bits per heavy atom. The van der Waals surface area contributed by atoms with E-state index in [0.29, 0.717) is 16.7 Å². The molecular weight excluding hydrogens is 275 g/mol. The van der Waals surface area contributed by atoms with Crippen molar-refractivity contribution in [1.82, 2.24) is 9.55 Å². The molecule has 0 aliphatic heterocycles. The third kappa shape index (κ3) is 2.14. The SMILES string of the molecule is COc1cc2c(cc1F)[nH]c(=S)n2C1CCCCC1C. The summed E-state index contributed by atoms with van der Waals surface area (Å²) < 4.78 is 21.7. The van der Waals surface area contributed by atoms with E-state index in [1.54, 1.807) is 6.07 Å². The van der Waals surface area contributed by atoms with Crippen LogP contribution in [-0.4, -0.2) is 16.7 Å². The fraction of sp³-hybridized carbons (Fsp3) is 0.533. The molecule has 0 radical (unpaired) electrons. The molecule has 1 aliphatic rings. The van der Waals surface area contributed by atoms with Crippen LogP contribution in [0.25, 0.3) is 11.0 Å². The minimum absolute atomic E-state index is 0.267. The number of benzene rings is 1. The zero-order valence-corrected chi connectivity index (χ0v) is 12.6. The molecule has 1 N–H and O–H groups in total. The van der Waals surface area contributed by atoms with E-state index in [2.05, 4.69) is 16.5 Å². The lowest BCUT2D eigenvalue weighted by molar-refractivity contribution is 0.260. The third-order valence-electron chi connectivity index (χ3n) is 4.39. The van der Waals surface area contributed by atoms with E-state index in [0.717, 1.165) is 17.5 Å². The van der Waals surface area contributed by atoms with Crippen LogP contribution in [0, 0.1) is 16.5 Å². The van der Waals surface area contributed by atoms with Crippen LogP contribution >= 0.6 is 12.2 Å². The molecule has 3 nitrogen and oxygen atoms in total. The van der Waals surface area contributed by atoms with Crippen LogP contribution in [-0.2, 0) is 0 Å². The predicted octanol–water partition coefficient (Wildman–Crippen LogP) is 4.60. The number of nitrogens with one attached hydrogen (secondary N) is 1. The molecule has 20 heavy (non-hydrogen) atoms. The average molecular weight is 294 g/mol. The molecule has 1 saturated carbocycles. The molecule has 0 amide bonds. The highest BCUT2D eigenvalue weighted by Crippen LogP contribution is 2.37. The number of aromatic nitrogens is 2. The number of imidazole rings is 1. The molecule has 2 unspecified atom stereocenters. The van der Waals surface area contributed by atoms with Gasteiger partial charge in [0.25, 0.3) is 0 Å². The van der Waals surface area contributed by atoms with Gasteiger partial charge in [-0.15, -0.1) is 0 Å². The molecule has 1 heterocycles. The number of aromatic amines is 1. The normalized spacial score (nSPS) is 23.1. The molecule has 5 heteroatoms. The molecule has 2 atom stereocenters. The van der Waals surface area contributed by atoms with Crippen LogP contribution in [0.15, 0.2) is 12.1 Å². The summed E-state index contributed by atoms with van der Waals surface area (Å²) in [4.78, 5) is 3.12. The van der Waals surface area contributed by atoms with Crippen molar-refractivity contribution in [3.63, 3.8) is 0 Å². The number of halogens is 1. The van der Waals surface area contributed by atoms with Gasteiger partial charge in [-0.05, 0) is 31.0 Å². The zero-order chi connectivity index (χ0) is 14.3. The van der Waals surface area contributed by atoms with Gasteiger partial charge in [0, 0.05) is 18.2 Å². The fourth-order valence-corrected chi connectivity index (χ4v) is 3.64. The minimum atomic E-state index is -0.361. The van der Waals surface area contributed by atoms with Crippen LogP contribution in [0.2, 0.25) is 0 Å². The van der Waals surface area contributed by atoms with E-state index in [1.807, 2.05) is 0 Å². The van der Waals surface area contributed by atoms with Crippen LogP contribution in [0.5, 0.6) is 5.75 Å². The Kier molecular flexibility index (Phi) is 3.54. The quantitative estimate of drug-likeness (QED) is 0.820. The van der Waals surface area contributed by atoms with E-state index in [1.165, 1.54) is 32.4 Å². The van der Waals surface area contributed by atoms with Gasteiger partial charge in [-0.2, -0.15) is 0 Å². The molecule has 3 rings (SSSR count). The number of hydrogen-bond acceptors (Lipinski definition) is 2. The van der Waals surface area contributed by atoms with Crippen LogP contribution < -0.4 is 4.74 Å². The van der Waals surface area contributed by atoms with Crippen LogP contribution in [0.3, 0.4) is 0 Å². The lowest BCUT2D eigenvalue weighted by atomic mass is 9.85. The lowest BCUT2D eigenvalue weighted by Crippen LogP contribution is -2.21. The summed E-state index contributed by atoms with van der Waals surface area (Å²) >= 11 is 5.45. The Bertz CT molecular complexity index is 691. The third-order valence-corrected chi connectivity index (χ3v) is 4.69. The fourth-order valence-electron chi connectivity index (χ4n) is 3.29. The first-order valence-electron chi connectivity index (χ1n) is 7.09. The predicted molar refractivity (Wildman–Crippen MR) is 80.3 cm³/mol. The first-order chi connectivity index (χ1) is 9.61. The molecule has 1 aromatic heterocycles. The number of nitrogens with zero attached hydrogens (tertiary/aromatic N) is 1. The van der Waals surface area contributed by atoms with Gasteiger partial charge in [0.05, 0.1) is 18.1 Å². The van der Waals surface area contributed by atoms with E-state index in [4.69, 9.17) is 17.0 Å². The summed E-state index contributed by atoms with van der Waals surface area (Å²) in [5.74, 6) is 0.495. The van der Waals surface area contributed by atoms with Crippen molar-refractivity contribution in [1.29, 1.82) is 0 Å². The van der Waals surface area contributed by atoms with Gasteiger partial charge in [0.2, 0.25) is 0 Å². The number of rotatable bonds is 2. The summed E-state index contributed by atoms with van der Waals surface area (Å²) in [6.07, 6.45) is 4.85. The molecule has 0 spiro atoms. The van der Waals surface area contributed by atoms with E-state index in [9.17, 15) is 4.39 Å². The molecule has 0 saturated heterocycles. The van der Waals surface area contributed by atoms with Crippen molar-refractivity contribution in [3.05, 3.63) is 22.7 Å². The Labute approximate surface area is 122 Å². The first-order valence-corrected chi connectivity index (χ1v) is 7.50. The maximum atomic E-state index is 13.8. The number of hydrogen-bond donors (Lipinski definition) is 1. The van der Waals surface area contributed by atoms with Crippen molar-refractivity contribution in [2.75, 3.05) is 7.11 Å². The molecular formula is C15H19FN2OS. The first kappa shape index (κ1) is 13.6. The molecule has 0 bridgehead atoms. The molecule has 108 valence electrons. The van der Waals surface area contributed by atoms with Crippen molar-refractivity contribution >= 4 is 23.3 Å². The summed E-state index contributed by atoms with van der Waals surface area (Å²) in [7, 11) is 1.49. The Hall–Kier alpha value is -1.36. The summed E-state index contributed by atoms with van der Waals surface area (Å²) in [6, 6.07) is 3.60. The zero-order valence-electron chi connectivity index (χ0n) is 11.8. The summed E-state index contributed by atoms with van der Waals surface area (Å²) in [5.41, 5.74) is 1.68. The molecule has 1 aromatic carbocycles. The largest absolute Gasteiger partial charge is 0.494 e. The number of methoxy groups -OCH3 is 1. The second-order valence-corrected chi connectivity index (χ2v) is 6.02. The second kappa shape index (κ2) is 5.20. The van der Waals surface area contributed by atoms with Crippen LogP contribution in [0.1, 0.15) is 38.6 Å². The van der Waals surface area contributed by atoms with Gasteiger partial charge in [-0.3, -0.25) is 0 Å². The Morgan fingerprint density at radius 2 is 2.10 bits per heavy atom. The standard InChI is InChI=1S/C15H19FN2OS/c1-9-5-3-4-6-12(9)18-13-8-14(19-2)10(16)7-11(13)17-15(18)20/h7-9,12H,3-6H2,1-2H3,(H,17,20). The minimum Gasteiger partial charge on any atom is -0.494 e. The maximum Gasteiger partial charge on any atom is 0.178 e. The summed E-state index contributed by atoms with van der Waals surface area (Å²) in [6.45, 7) is 2.27. The topological polar surface area (TPSA) is 29.9 Å². The second-order valence-electron chi connectivity index (χ2n) is 5.63. The highest BCUT2D eigenvalue weighted by molar-refractivity contribution is 7.71. The van der Waals surface area contributed by atoms with Crippen molar-refractivity contribution in [2.45, 2.75) is 38.6 Å². The highest BCUT2D eigenvalue weighted by atomic mass is 32.1. The Morgan fingerprint density at radius 3 is 2.80 bits per heavy atom. The van der Waals surface area contributed by atoms with E-state index in [-0.39, 0.29) is 11.6 Å². The average Bonchev–Trinajstić information content (AvgIpc) is 2.73. The summed E-state index contributed by atoms with van der Waals surface area (Å²) in [5, 5.41) is 0. The number of fused-ring (bicyclic) bond motifs is 1. The molecule has 1 aliphatic carbocycles. The van der Waals surface area contributed by atoms with Crippen LogP contribution in [0.4, 0.5) is 4.39 Å². The lowest BCUT2D eigenvalue weighted by Gasteiger charge is -2.30. The molecule has 2 aromatic rings. The van der Waals surface area contributed by atoms with Gasteiger partial charge >= 0.3 is 0 Å². The van der Waals surface area contributed by atoms with Crippen molar-refractivity contribution < 1.29 is 9.13 Å². The monoisotopic (exact) mass is 294 g/mol. The van der Waals surface area contributed by atoms with Gasteiger partial charge in [0.1, 0.15) is 0 Å². The maximum absolute atomic E-state index is 13.8. The smallest absolute Gasteiger partial charge is 0.178 e. The van der Waals surface area contributed by atoms with E-state index >= 15 is 0 Å². The van der Waals surface area contributed by atoms with Gasteiger partial charge < -0.3 is 14.3 Å².